The molecule has 2 N–H and O–H groups in total. The molecule has 0 aromatic heterocycles. The van der Waals surface area contributed by atoms with E-state index in [0.717, 1.165) is 42.3 Å². The topological polar surface area (TPSA) is 32.5 Å². The quantitative estimate of drug-likeness (QED) is 0.831. The maximum atomic E-state index is 5.89. The summed E-state index contributed by atoms with van der Waals surface area (Å²) in [5.41, 5.74) is 8.05. The lowest BCUT2D eigenvalue weighted by atomic mass is 10.1. The molecule has 1 saturated carbocycles. The van der Waals surface area contributed by atoms with Gasteiger partial charge in [0.05, 0.1) is 0 Å². The molecule has 3 rings (SSSR count). The summed E-state index contributed by atoms with van der Waals surface area (Å²) in [7, 11) is 0. The molecule has 3 nitrogen and oxygen atoms in total. The van der Waals surface area contributed by atoms with Crippen LogP contribution in [0.4, 0.5) is 5.69 Å². The Balaban J connectivity index is 1.70. The number of piperazine rings is 1. The van der Waals surface area contributed by atoms with Gasteiger partial charge in [-0.25, -0.2) is 0 Å². The molecule has 2 fully saturated rings. The van der Waals surface area contributed by atoms with Crippen LogP contribution in [0.25, 0.3) is 0 Å². The molecule has 21 heavy (non-hydrogen) atoms. The molecule has 0 unspecified atom stereocenters. The minimum atomic E-state index is 0.476. The molecule has 114 valence electrons. The first-order valence-corrected chi connectivity index (χ1v) is 8.93. The van der Waals surface area contributed by atoms with E-state index in [2.05, 4.69) is 37.9 Å². The van der Waals surface area contributed by atoms with Crippen LogP contribution >= 0.6 is 28.1 Å². The van der Waals surface area contributed by atoms with E-state index in [-0.39, 0.29) is 0 Å². The Hall–Kier alpha value is -0.650. The van der Waals surface area contributed by atoms with Crippen molar-refractivity contribution in [1.29, 1.82) is 0 Å². The molecule has 0 atom stereocenters. The van der Waals surface area contributed by atoms with E-state index >= 15 is 0 Å². The second kappa shape index (κ2) is 6.63. The monoisotopic (exact) mass is 367 g/mol. The summed E-state index contributed by atoms with van der Waals surface area (Å²) in [6.45, 7) is 4.43. The zero-order valence-corrected chi connectivity index (χ0v) is 14.6. The Labute approximate surface area is 140 Å². The number of benzene rings is 1. The van der Waals surface area contributed by atoms with Crippen LogP contribution in [-0.2, 0) is 0 Å². The van der Waals surface area contributed by atoms with Crippen LogP contribution < -0.4 is 10.6 Å². The van der Waals surface area contributed by atoms with Crippen LogP contribution in [0.15, 0.2) is 22.7 Å². The van der Waals surface area contributed by atoms with Crippen molar-refractivity contribution in [2.45, 2.75) is 31.7 Å². The van der Waals surface area contributed by atoms with Crippen LogP contribution in [0.1, 0.15) is 31.2 Å². The zero-order chi connectivity index (χ0) is 14.8. The van der Waals surface area contributed by atoms with Crippen molar-refractivity contribution in [3.05, 3.63) is 28.2 Å². The fourth-order valence-corrected chi connectivity index (χ4v) is 4.10. The third kappa shape index (κ3) is 3.41. The lowest BCUT2D eigenvalue weighted by Gasteiger charge is -2.39. The Morgan fingerprint density at radius 2 is 1.81 bits per heavy atom. The van der Waals surface area contributed by atoms with E-state index < -0.39 is 0 Å². The molecule has 1 aliphatic heterocycles. The summed E-state index contributed by atoms with van der Waals surface area (Å²) >= 11 is 8.71. The van der Waals surface area contributed by atoms with Gasteiger partial charge in [-0.05, 0) is 31.0 Å². The Morgan fingerprint density at radius 1 is 1.14 bits per heavy atom. The maximum absolute atomic E-state index is 5.89. The Bertz CT molecular complexity index is 520. The minimum absolute atomic E-state index is 0.476. The zero-order valence-electron chi connectivity index (χ0n) is 12.2. The molecular formula is C16H22BrN3S. The minimum Gasteiger partial charge on any atom is -0.389 e. The van der Waals surface area contributed by atoms with Crippen molar-refractivity contribution in [1.82, 2.24) is 4.90 Å². The van der Waals surface area contributed by atoms with E-state index in [1.165, 1.54) is 31.4 Å². The van der Waals surface area contributed by atoms with E-state index in [1.807, 2.05) is 6.07 Å². The molecule has 0 amide bonds. The van der Waals surface area contributed by atoms with Gasteiger partial charge < -0.3 is 10.6 Å². The van der Waals surface area contributed by atoms with Crippen LogP contribution in [0.2, 0.25) is 0 Å². The van der Waals surface area contributed by atoms with Gasteiger partial charge in [-0.1, -0.05) is 41.0 Å². The first kappa shape index (κ1) is 15.3. The maximum Gasteiger partial charge on any atom is 0.106 e. The van der Waals surface area contributed by atoms with Gasteiger partial charge in [-0.15, -0.1) is 0 Å². The van der Waals surface area contributed by atoms with Gasteiger partial charge in [0.15, 0.2) is 0 Å². The summed E-state index contributed by atoms with van der Waals surface area (Å²) in [6.07, 6.45) is 5.58. The molecule has 1 aliphatic carbocycles. The van der Waals surface area contributed by atoms with Gasteiger partial charge in [-0.2, -0.15) is 0 Å². The molecule has 1 saturated heterocycles. The van der Waals surface area contributed by atoms with Gasteiger partial charge in [0.1, 0.15) is 4.99 Å². The fourth-order valence-electron chi connectivity index (χ4n) is 3.58. The van der Waals surface area contributed by atoms with Crippen LogP contribution in [0.5, 0.6) is 0 Å². The second-order valence-electron chi connectivity index (χ2n) is 5.99. The number of hydrogen-bond acceptors (Lipinski definition) is 3. The average molecular weight is 368 g/mol. The number of nitrogens with two attached hydrogens (primary N) is 1. The van der Waals surface area contributed by atoms with Crippen molar-refractivity contribution in [2.75, 3.05) is 31.1 Å². The third-order valence-electron chi connectivity index (χ3n) is 4.72. The first-order chi connectivity index (χ1) is 10.1. The molecule has 1 heterocycles. The molecule has 1 aromatic rings. The molecule has 0 spiro atoms. The summed E-state index contributed by atoms with van der Waals surface area (Å²) in [5.74, 6) is 0. The van der Waals surface area contributed by atoms with Gasteiger partial charge in [-0.3, -0.25) is 4.90 Å². The molecule has 1 aromatic carbocycles. The van der Waals surface area contributed by atoms with Crippen molar-refractivity contribution >= 4 is 38.8 Å². The van der Waals surface area contributed by atoms with Gasteiger partial charge in [0.25, 0.3) is 0 Å². The number of thiocarbonyl (C=S) groups is 1. The van der Waals surface area contributed by atoms with Crippen molar-refractivity contribution in [2.24, 2.45) is 5.73 Å². The standard InChI is InChI=1S/C16H22BrN3S/c17-12-5-6-15(14(11-12)16(18)21)20-9-7-19(8-10-20)13-3-1-2-4-13/h5-6,11,13H,1-4,7-10H2,(H2,18,21). The molecule has 0 bridgehead atoms. The van der Waals surface area contributed by atoms with Gasteiger partial charge >= 0.3 is 0 Å². The third-order valence-corrected chi connectivity index (χ3v) is 5.43. The van der Waals surface area contributed by atoms with E-state index in [1.54, 1.807) is 0 Å². The van der Waals surface area contributed by atoms with Gasteiger partial charge in [0.2, 0.25) is 0 Å². The molecule has 5 heteroatoms. The average Bonchev–Trinajstić information content (AvgIpc) is 3.01. The molecule has 2 aliphatic rings. The fraction of sp³-hybridized carbons (Fsp3) is 0.562. The predicted molar refractivity (Wildman–Crippen MR) is 96.1 cm³/mol. The highest BCUT2D eigenvalue weighted by Crippen LogP contribution is 2.28. The van der Waals surface area contributed by atoms with Crippen molar-refractivity contribution in [3.63, 3.8) is 0 Å². The van der Waals surface area contributed by atoms with Crippen LogP contribution in [0, 0.1) is 0 Å². The summed E-state index contributed by atoms with van der Waals surface area (Å²) in [5, 5.41) is 0. The predicted octanol–water partition coefficient (Wildman–Crippen LogP) is 3.15. The largest absolute Gasteiger partial charge is 0.389 e. The van der Waals surface area contributed by atoms with Gasteiger partial charge in [0, 0.05) is 47.9 Å². The Morgan fingerprint density at radius 3 is 2.43 bits per heavy atom. The molecule has 0 radical (unpaired) electrons. The number of anilines is 1. The van der Waals surface area contributed by atoms with E-state index in [9.17, 15) is 0 Å². The Kier molecular flexibility index (Phi) is 4.82. The second-order valence-corrected chi connectivity index (χ2v) is 7.34. The highest BCUT2D eigenvalue weighted by atomic mass is 79.9. The number of nitrogens with zero attached hydrogens (tertiary/aromatic N) is 2. The lowest BCUT2D eigenvalue weighted by molar-refractivity contribution is 0.187. The van der Waals surface area contributed by atoms with E-state index in [4.69, 9.17) is 18.0 Å². The summed E-state index contributed by atoms with van der Waals surface area (Å²) in [6, 6.07) is 7.05. The highest BCUT2D eigenvalue weighted by molar-refractivity contribution is 9.10. The SMILES string of the molecule is NC(=S)c1cc(Br)ccc1N1CCN(C2CCCC2)CC1. The lowest BCUT2D eigenvalue weighted by Crippen LogP contribution is -2.50. The summed E-state index contributed by atoms with van der Waals surface area (Å²) in [4.78, 5) is 5.57. The highest BCUT2D eigenvalue weighted by Gasteiger charge is 2.27. The van der Waals surface area contributed by atoms with Crippen LogP contribution in [-0.4, -0.2) is 42.1 Å². The molecular weight excluding hydrogens is 346 g/mol. The van der Waals surface area contributed by atoms with Crippen LogP contribution in [0.3, 0.4) is 0 Å². The number of halogens is 1. The van der Waals surface area contributed by atoms with Crippen molar-refractivity contribution in [3.8, 4) is 0 Å². The summed E-state index contributed by atoms with van der Waals surface area (Å²) < 4.78 is 1.03. The van der Waals surface area contributed by atoms with E-state index in [0.29, 0.717) is 4.99 Å². The number of rotatable bonds is 3. The first-order valence-electron chi connectivity index (χ1n) is 7.73. The smallest absolute Gasteiger partial charge is 0.106 e. The number of hydrogen-bond donors (Lipinski definition) is 1. The van der Waals surface area contributed by atoms with Crippen molar-refractivity contribution < 1.29 is 0 Å². The normalized spacial score (nSPS) is 20.9.